The van der Waals surface area contributed by atoms with Gasteiger partial charge in [0.1, 0.15) is 11.4 Å². The Morgan fingerprint density at radius 1 is 1.00 bits per heavy atom. The average molecular weight is 357 g/mol. The summed E-state index contributed by atoms with van der Waals surface area (Å²) in [6, 6.07) is 12.7. The number of hydrogen-bond donors (Lipinski definition) is 3. The molecule has 0 radical (unpaired) electrons. The third-order valence-corrected chi connectivity index (χ3v) is 4.60. The molecule has 0 fully saturated rings. The monoisotopic (exact) mass is 357 g/mol. The van der Waals surface area contributed by atoms with Gasteiger partial charge in [-0.2, -0.15) is 13.5 Å². The van der Waals surface area contributed by atoms with Crippen LogP contribution in [0.1, 0.15) is 5.56 Å². The van der Waals surface area contributed by atoms with Gasteiger partial charge in [-0.05, 0) is 36.1 Å². The summed E-state index contributed by atoms with van der Waals surface area (Å²) in [5.41, 5.74) is 8.19. The van der Waals surface area contributed by atoms with E-state index in [1.165, 1.54) is 6.07 Å². The Balaban J connectivity index is 2.12. The van der Waals surface area contributed by atoms with Crippen molar-refractivity contribution in [1.82, 2.24) is 0 Å². The molecule has 3 aromatic carbocycles. The molecule has 0 aliphatic carbocycles. The van der Waals surface area contributed by atoms with Gasteiger partial charge in [0.25, 0.3) is 10.1 Å². The predicted molar refractivity (Wildman–Crippen MR) is 95.2 cm³/mol. The zero-order chi connectivity index (χ0) is 18.2. The normalized spacial score (nSPS) is 12.1. The van der Waals surface area contributed by atoms with Crippen LogP contribution in [0.4, 0.5) is 17.1 Å². The molecular weight excluding hydrogens is 342 g/mol. The third kappa shape index (κ3) is 3.30. The highest BCUT2D eigenvalue weighted by molar-refractivity contribution is 7.85. The summed E-state index contributed by atoms with van der Waals surface area (Å²) in [4.78, 5) is -0.411. The van der Waals surface area contributed by atoms with Gasteiger partial charge < -0.3 is 10.8 Å². The number of benzene rings is 3. The molecule has 0 atom stereocenters. The molecule has 0 bridgehead atoms. The lowest BCUT2D eigenvalue weighted by molar-refractivity contribution is 0.471. The Morgan fingerprint density at radius 3 is 2.36 bits per heavy atom. The summed E-state index contributed by atoms with van der Waals surface area (Å²) in [7, 11) is -4.43. The summed E-state index contributed by atoms with van der Waals surface area (Å²) in [6.45, 7) is 1.90. The minimum absolute atomic E-state index is 0.161. The molecule has 0 aromatic heterocycles. The minimum Gasteiger partial charge on any atom is -0.507 e. The van der Waals surface area contributed by atoms with Crippen molar-refractivity contribution in [3.05, 3.63) is 54.1 Å². The molecule has 8 heteroatoms. The van der Waals surface area contributed by atoms with E-state index in [1.807, 2.05) is 31.2 Å². The number of phenolic OH excluding ortho intramolecular Hbond substituents is 1. The average Bonchev–Trinajstić information content (AvgIpc) is 2.54. The first-order chi connectivity index (χ1) is 11.8. The molecule has 0 unspecified atom stereocenters. The zero-order valence-corrected chi connectivity index (χ0v) is 14.0. The lowest BCUT2D eigenvalue weighted by atomic mass is 10.1. The first-order valence-electron chi connectivity index (χ1n) is 7.27. The lowest BCUT2D eigenvalue weighted by Crippen LogP contribution is -1.98. The van der Waals surface area contributed by atoms with E-state index in [-0.39, 0.29) is 16.8 Å². The van der Waals surface area contributed by atoms with E-state index in [0.29, 0.717) is 16.8 Å². The Bertz CT molecular complexity index is 1110. The number of azo groups is 1. The van der Waals surface area contributed by atoms with Crippen LogP contribution in [-0.2, 0) is 10.1 Å². The molecule has 3 rings (SSSR count). The predicted octanol–water partition coefficient (Wildman–Crippen LogP) is 4.10. The van der Waals surface area contributed by atoms with Crippen LogP contribution in [0, 0.1) is 6.92 Å². The van der Waals surface area contributed by atoms with Gasteiger partial charge in [-0.15, -0.1) is 5.11 Å². The van der Waals surface area contributed by atoms with Gasteiger partial charge in [0.05, 0.1) is 16.3 Å². The topological polar surface area (TPSA) is 125 Å². The van der Waals surface area contributed by atoms with Crippen LogP contribution in [-0.4, -0.2) is 18.1 Å². The largest absolute Gasteiger partial charge is 0.507 e. The Hall–Kier alpha value is -2.97. The molecule has 0 aliphatic rings. The first-order valence-corrected chi connectivity index (χ1v) is 8.71. The molecule has 0 amide bonds. The zero-order valence-electron chi connectivity index (χ0n) is 13.2. The van der Waals surface area contributed by atoms with Gasteiger partial charge in [-0.1, -0.05) is 24.3 Å². The Morgan fingerprint density at radius 2 is 1.68 bits per heavy atom. The van der Waals surface area contributed by atoms with Crippen molar-refractivity contribution < 1.29 is 18.1 Å². The second-order valence-corrected chi connectivity index (χ2v) is 6.92. The van der Waals surface area contributed by atoms with Crippen LogP contribution >= 0.6 is 0 Å². The maximum Gasteiger partial charge on any atom is 0.294 e. The van der Waals surface area contributed by atoms with Crippen molar-refractivity contribution in [1.29, 1.82) is 0 Å². The number of rotatable bonds is 3. The molecule has 0 saturated heterocycles. The van der Waals surface area contributed by atoms with E-state index >= 15 is 0 Å². The molecule has 7 nitrogen and oxygen atoms in total. The van der Waals surface area contributed by atoms with Crippen molar-refractivity contribution in [3.8, 4) is 5.75 Å². The maximum absolute atomic E-state index is 11.3. The van der Waals surface area contributed by atoms with Crippen LogP contribution in [0.15, 0.2) is 63.7 Å². The van der Waals surface area contributed by atoms with E-state index in [9.17, 15) is 13.5 Å². The highest BCUT2D eigenvalue weighted by atomic mass is 32.2. The summed E-state index contributed by atoms with van der Waals surface area (Å²) >= 11 is 0. The highest BCUT2D eigenvalue weighted by Crippen LogP contribution is 2.38. The minimum atomic E-state index is -4.43. The smallest absolute Gasteiger partial charge is 0.294 e. The molecule has 3 aromatic rings. The van der Waals surface area contributed by atoms with Crippen molar-refractivity contribution in [2.75, 3.05) is 5.73 Å². The lowest BCUT2D eigenvalue weighted by Gasteiger charge is -2.09. The SMILES string of the molecule is Cc1ccccc1N=Nc1ccc2cc(S(=O)(=O)O)cc(O)c2c1N. The fourth-order valence-electron chi connectivity index (χ4n) is 2.45. The standard InChI is InChI=1S/C17H15N3O4S/c1-10-4-2-3-5-13(10)19-20-14-7-6-11-8-12(25(22,23)24)9-15(21)16(11)17(14)18/h2-9,21H,18H2,1H3,(H,22,23,24). The van der Waals surface area contributed by atoms with E-state index in [4.69, 9.17) is 10.3 Å². The summed E-state index contributed by atoms with van der Waals surface area (Å²) in [6.07, 6.45) is 0. The Labute approximate surface area is 144 Å². The van der Waals surface area contributed by atoms with Crippen molar-refractivity contribution in [3.63, 3.8) is 0 Å². The van der Waals surface area contributed by atoms with E-state index in [0.717, 1.165) is 11.6 Å². The van der Waals surface area contributed by atoms with Crippen LogP contribution < -0.4 is 5.73 Å². The first kappa shape index (κ1) is 16.9. The number of aromatic hydroxyl groups is 1. The molecular formula is C17H15N3O4S. The van der Waals surface area contributed by atoms with E-state index < -0.39 is 15.0 Å². The van der Waals surface area contributed by atoms with Crippen LogP contribution in [0.2, 0.25) is 0 Å². The highest BCUT2D eigenvalue weighted by Gasteiger charge is 2.16. The summed E-state index contributed by atoms with van der Waals surface area (Å²) < 4.78 is 31.6. The van der Waals surface area contributed by atoms with Crippen molar-refractivity contribution in [2.24, 2.45) is 10.2 Å². The molecule has 0 heterocycles. The van der Waals surface area contributed by atoms with Gasteiger partial charge in [-0.25, -0.2) is 0 Å². The number of hydrogen-bond acceptors (Lipinski definition) is 6. The van der Waals surface area contributed by atoms with Crippen LogP contribution in [0.3, 0.4) is 0 Å². The van der Waals surface area contributed by atoms with Gasteiger partial charge in [0, 0.05) is 11.5 Å². The fourth-order valence-corrected chi connectivity index (χ4v) is 2.99. The summed E-state index contributed by atoms with van der Waals surface area (Å²) in [5.74, 6) is -0.365. The number of nitrogen functional groups attached to an aromatic ring is 1. The second kappa shape index (κ2) is 6.15. The molecule has 25 heavy (non-hydrogen) atoms. The van der Waals surface area contributed by atoms with Crippen molar-refractivity contribution >= 4 is 38.0 Å². The molecule has 0 saturated carbocycles. The molecule has 128 valence electrons. The number of anilines is 1. The third-order valence-electron chi connectivity index (χ3n) is 3.77. The fraction of sp³-hybridized carbons (Fsp3) is 0.0588. The summed E-state index contributed by atoms with van der Waals surface area (Å²) in [5, 5.41) is 19.0. The van der Waals surface area contributed by atoms with Gasteiger partial charge >= 0.3 is 0 Å². The maximum atomic E-state index is 11.3. The van der Waals surface area contributed by atoms with Gasteiger partial charge in [0.2, 0.25) is 0 Å². The number of aryl methyl sites for hydroxylation is 1. The van der Waals surface area contributed by atoms with E-state index in [1.54, 1.807) is 12.1 Å². The number of nitrogens with zero attached hydrogens (tertiary/aromatic N) is 2. The molecule has 0 spiro atoms. The van der Waals surface area contributed by atoms with Gasteiger partial charge in [-0.3, -0.25) is 4.55 Å². The quantitative estimate of drug-likeness (QED) is 0.370. The van der Waals surface area contributed by atoms with Gasteiger partial charge in [0.15, 0.2) is 0 Å². The molecule has 0 aliphatic heterocycles. The van der Waals surface area contributed by atoms with Crippen LogP contribution in [0.25, 0.3) is 10.8 Å². The van der Waals surface area contributed by atoms with Crippen molar-refractivity contribution in [2.45, 2.75) is 11.8 Å². The number of phenols is 1. The number of nitrogens with two attached hydrogens (primary N) is 1. The van der Waals surface area contributed by atoms with E-state index in [2.05, 4.69) is 10.2 Å². The second-order valence-electron chi connectivity index (χ2n) is 5.50. The Kier molecular flexibility index (Phi) is 4.15. The van der Waals surface area contributed by atoms with Crippen LogP contribution in [0.5, 0.6) is 5.75 Å². The molecule has 4 N–H and O–H groups in total. The number of fused-ring (bicyclic) bond motifs is 1.